The van der Waals surface area contributed by atoms with Crippen molar-refractivity contribution in [3.63, 3.8) is 0 Å². The first-order valence-corrected chi connectivity index (χ1v) is 4.29. The zero-order chi connectivity index (χ0) is 10.3. The molecule has 1 amide bonds. The summed E-state index contributed by atoms with van der Waals surface area (Å²) in [6, 6.07) is -0.612. The third kappa shape index (κ3) is 1.24. The average Bonchev–Trinajstić information content (AvgIpc) is 2.49. The molecule has 1 aromatic heterocycles. The van der Waals surface area contributed by atoms with Crippen molar-refractivity contribution in [3.05, 3.63) is 6.20 Å². The summed E-state index contributed by atoms with van der Waals surface area (Å²) >= 11 is 0. The molecule has 0 aromatic carbocycles. The third-order valence-corrected chi connectivity index (χ3v) is 2.19. The Morgan fingerprint density at radius 2 is 2.36 bits per heavy atom. The monoisotopic (exact) mass is 196 g/mol. The van der Waals surface area contributed by atoms with Gasteiger partial charge in [0.2, 0.25) is 5.91 Å². The van der Waals surface area contributed by atoms with Crippen LogP contribution in [0.15, 0.2) is 6.20 Å². The van der Waals surface area contributed by atoms with Gasteiger partial charge in [0, 0.05) is 14.1 Å². The zero-order valence-electron chi connectivity index (χ0n) is 8.10. The second kappa shape index (κ2) is 2.98. The number of hydrogen-bond donors (Lipinski definition) is 1. The van der Waals surface area contributed by atoms with Crippen LogP contribution in [-0.2, 0) is 11.8 Å². The Morgan fingerprint density at radius 1 is 1.64 bits per heavy atom. The SMILES string of the molecule is CN1C(=O)C(N)COc2nn(C)cc21. The van der Waals surface area contributed by atoms with Crippen LogP contribution in [0, 0.1) is 0 Å². The van der Waals surface area contributed by atoms with Crippen molar-refractivity contribution in [2.24, 2.45) is 12.8 Å². The van der Waals surface area contributed by atoms with Crippen LogP contribution in [0.3, 0.4) is 0 Å². The van der Waals surface area contributed by atoms with E-state index in [1.165, 1.54) is 4.90 Å². The smallest absolute Gasteiger partial charge is 0.257 e. The summed E-state index contributed by atoms with van der Waals surface area (Å²) in [5.41, 5.74) is 6.25. The van der Waals surface area contributed by atoms with E-state index < -0.39 is 6.04 Å². The molecule has 0 bridgehead atoms. The van der Waals surface area contributed by atoms with Crippen LogP contribution in [0.1, 0.15) is 0 Å². The molecule has 0 saturated heterocycles. The van der Waals surface area contributed by atoms with Crippen molar-refractivity contribution in [1.82, 2.24) is 9.78 Å². The Kier molecular flexibility index (Phi) is 1.92. The van der Waals surface area contributed by atoms with Gasteiger partial charge in [0.05, 0.1) is 6.20 Å². The van der Waals surface area contributed by atoms with Crippen LogP contribution in [0.2, 0.25) is 0 Å². The Bertz CT molecular complexity index is 373. The molecule has 6 nitrogen and oxygen atoms in total. The second-order valence-electron chi connectivity index (χ2n) is 3.31. The number of nitrogens with two attached hydrogens (primary N) is 1. The first kappa shape index (κ1) is 9.01. The highest BCUT2D eigenvalue weighted by Crippen LogP contribution is 2.27. The lowest BCUT2D eigenvalue weighted by Gasteiger charge is -2.14. The quantitative estimate of drug-likeness (QED) is 0.583. The number of carbonyl (C=O) groups excluding carboxylic acids is 1. The normalized spacial score (nSPS) is 21.5. The predicted octanol–water partition coefficient (Wildman–Crippen LogP) is -0.897. The van der Waals surface area contributed by atoms with Gasteiger partial charge >= 0.3 is 0 Å². The number of hydrogen-bond acceptors (Lipinski definition) is 4. The van der Waals surface area contributed by atoms with Crippen molar-refractivity contribution in [2.75, 3.05) is 18.6 Å². The fourth-order valence-electron chi connectivity index (χ4n) is 1.40. The molecule has 2 heterocycles. The van der Waals surface area contributed by atoms with Crippen molar-refractivity contribution in [2.45, 2.75) is 6.04 Å². The number of aryl methyl sites for hydroxylation is 1. The molecule has 0 fully saturated rings. The lowest BCUT2D eigenvalue weighted by atomic mass is 10.3. The number of carbonyl (C=O) groups is 1. The Morgan fingerprint density at radius 3 is 3.07 bits per heavy atom. The lowest BCUT2D eigenvalue weighted by molar-refractivity contribution is -0.119. The van der Waals surface area contributed by atoms with Gasteiger partial charge in [-0.05, 0) is 0 Å². The minimum atomic E-state index is -0.612. The van der Waals surface area contributed by atoms with E-state index in [9.17, 15) is 4.79 Å². The molecular weight excluding hydrogens is 184 g/mol. The lowest BCUT2D eigenvalue weighted by Crippen LogP contribution is -2.43. The van der Waals surface area contributed by atoms with E-state index in [0.717, 1.165) is 0 Å². The Hall–Kier alpha value is -1.56. The number of anilines is 1. The van der Waals surface area contributed by atoms with Gasteiger partial charge in [-0.3, -0.25) is 9.48 Å². The van der Waals surface area contributed by atoms with Crippen molar-refractivity contribution >= 4 is 11.6 Å². The van der Waals surface area contributed by atoms with Gasteiger partial charge < -0.3 is 15.4 Å². The third-order valence-electron chi connectivity index (χ3n) is 2.19. The Balaban J connectivity index is 2.43. The van der Waals surface area contributed by atoms with Crippen LogP contribution in [0.4, 0.5) is 5.69 Å². The maximum atomic E-state index is 11.6. The van der Waals surface area contributed by atoms with Crippen LogP contribution >= 0.6 is 0 Å². The highest BCUT2D eigenvalue weighted by Gasteiger charge is 2.28. The molecular formula is C8H12N4O2. The fraction of sp³-hybridized carbons (Fsp3) is 0.500. The van der Waals surface area contributed by atoms with Gasteiger partial charge in [0.1, 0.15) is 18.3 Å². The molecule has 0 aliphatic carbocycles. The molecule has 76 valence electrons. The molecule has 1 aliphatic rings. The van der Waals surface area contributed by atoms with E-state index in [4.69, 9.17) is 10.5 Å². The van der Waals surface area contributed by atoms with Gasteiger partial charge in [-0.15, -0.1) is 5.10 Å². The molecule has 0 spiro atoms. The van der Waals surface area contributed by atoms with Crippen molar-refractivity contribution < 1.29 is 9.53 Å². The standard InChI is InChI=1S/C8H12N4O2/c1-11-3-6-7(10-11)14-4-5(9)8(13)12(6)2/h3,5H,4,9H2,1-2H3. The molecule has 2 rings (SSSR count). The van der Waals surface area contributed by atoms with Gasteiger partial charge in [0.15, 0.2) is 0 Å². The van der Waals surface area contributed by atoms with E-state index in [1.807, 2.05) is 0 Å². The van der Waals surface area contributed by atoms with Gasteiger partial charge in [0.25, 0.3) is 5.88 Å². The summed E-state index contributed by atoms with van der Waals surface area (Å²) in [5, 5.41) is 4.08. The number of rotatable bonds is 0. The van der Waals surface area contributed by atoms with Crippen LogP contribution in [-0.4, -0.2) is 35.4 Å². The molecule has 14 heavy (non-hydrogen) atoms. The highest BCUT2D eigenvalue weighted by molar-refractivity contribution is 5.98. The predicted molar refractivity (Wildman–Crippen MR) is 50.1 cm³/mol. The minimum Gasteiger partial charge on any atom is -0.473 e. The molecule has 1 aliphatic heterocycles. The molecule has 0 radical (unpaired) electrons. The second-order valence-corrected chi connectivity index (χ2v) is 3.31. The van der Waals surface area contributed by atoms with Crippen LogP contribution in [0.25, 0.3) is 0 Å². The summed E-state index contributed by atoms with van der Waals surface area (Å²) in [6.07, 6.45) is 1.73. The Labute approximate surface area is 81.2 Å². The molecule has 1 atom stereocenters. The average molecular weight is 196 g/mol. The molecule has 2 N–H and O–H groups in total. The first-order valence-electron chi connectivity index (χ1n) is 4.29. The number of ether oxygens (including phenoxy) is 1. The highest BCUT2D eigenvalue weighted by atomic mass is 16.5. The number of likely N-dealkylation sites (N-methyl/N-ethyl adjacent to an activating group) is 1. The molecule has 6 heteroatoms. The maximum Gasteiger partial charge on any atom is 0.257 e. The summed E-state index contributed by atoms with van der Waals surface area (Å²) < 4.78 is 6.91. The molecule has 1 unspecified atom stereocenters. The maximum absolute atomic E-state index is 11.6. The number of amides is 1. The van der Waals surface area contributed by atoms with Crippen LogP contribution < -0.4 is 15.4 Å². The van der Waals surface area contributed by atoms with E-state index in [2.05, 4.69) is 5.10 Å². The summed E-state index contributed by atoms with van der Waals surface area (Å²) in [7, 11) is 3.44. The van der Waals surface area contributed by atoms with Gasteiger partial charge in [-0.25, -0.2) is 0 Å². The summed E-state index contributed by atoms with van der Waals surface area (Å²) in [6.45, 7) is 0.174. The van der Waals surface area contributed by atoms with E-state index >= 15 is 0 Å². The molecule has 0 saturated carbocycles. The van der Waals surface area contributed by atoms with E-state index in [0.29, 0.717) is 11.6 Å². The topological polar surface area (TPSA) is 73.4 Å². The van der Waals surface area contributed by atoms with Gasteiger partial charge in [-0.2, -0.15) is 0 Å². The molecule has 1 aromatic rings. The van der Waals surface area contributed by atoms with Gasteiger partial charge in [-0.1, -0.05) is 0 Å². The van der Waals surface area contributed by atoms with Crippen LogP contribution in [0.5, 0.6) is 5.88 Å². The number of fused-ring (bicyclic) bond motifs is 1. The number of nitrogens with zero attached hydrogens (tertiary/aromatic N) is 3. The summed E-state index contributed by atoms with van der Waals surface area (Å²) in [4.78, 5) is 13.1. The van der Waals surface area contributed by atoms with Crippen molar-refractivity contribution in [3.8, 4) is 5.88 Å². The minimum absolute atomic E-state index is 0.156. The zero-order valence-corrected chi connectivity index (χ0v) is 8.10. The largest absolute Gasteiger partial charge is 0.473 e. The van der Waals surface area contributed by atoms with Crippen molar-refractivity contribution in [1.29, 1.82) is 0 Å². The summed E-state index contributed by atoms with van der Waals surface area (Å²) in [5.74, 6) is 0.299. The van der Waals surface area contributed by atoms with E-state index in [1.54, 1.807) is 25.0 Å². The fourth-order valence-corrected chi connectivity index (χ4v) is 1.40. The number of aromatic nitrogens is 2. The van der Waals surface area contributed by atoms with E-state index in [-0.39, 0.29) is 12.5 Å². The first-order chi connectivity index (χ1) is 6.59.